The van der Waals surface area contributed by atoms with Gasteiger partial charge in [0.15, 0.2) is 0 Å². The number of rotatable bonds is 8. The molecule has 2 rings (SSSR count). The molecule has 1 saturated carbocycles. The van der Waals surface area contributed by atoms with Gasteiger partial charge < -0.3 is 15.9 Å². The van der Waals surface area contributed by atoms with E-state index in [1.54, 1.807) is 19.9 Å². The molecule has 0 unspecified atom stereocenters. The molecule has 7 nitrogen and oxygen atoms in total. The molecule has 0 spiro atoms. The van der Waals surface area contributed by atoms with E-state index in [-0.39, 0.29) is 29.1 Å². The minimum Gasteiger partial charge on any atom is -0.404 e. The number of aromatic nitrogens is 1. The van der Waals surface area contributed by atoms with Gasteiger partial charge in [-0.05, 0) is 32.8 Å². The molecule has 1 heterocycles. The van der Waals surface area contributed by atoms with Gasteiger partial charge in [-0.3, -0.25) is 15.2 Å². The van der Waals surface area contributed by atoms with E-state index in [1.807, 2.05) is 0 Å². The average Bonchev–Trinajstić information content (AvgIpc) is 3.51. The number of nitrogens with zero attached hydrogens (tertiary/aromatic N) is 2. The van der Waals surface area contributed by atoms with E-state index < -0.39 is 23.6 Å². The number of oxime groups is 1. The lowest BCUT2D eigenvalue weighted by molar-refractivity contribution is -0.116. The van der Waals surface area contributed by atoms with Crippen LogP contribution in [-0.4, -0.2) is 41.4 Å². The van der Waals surface area contributed by atoms with E-state index in [2.05, 4.69) is 27.3 Å². The molecular weight excluding hydrogens is 416 g/mol. The molecule has 0 aliphatic heterocycles. The van der Waals surface area contributed by atoms with Crippen molar-refractivity contribution in [2.45, 2.75) is 39.2 Å². The summed E-state index contributed by atoms with van der Waals surface area (Å²) in [5, 5.41) is 13.9. The van der Waals surface area contributed by atoms with Crippen molar-refractivity contribution in [3.8, 4) is 11.8 Å². The molecule has 1 amide bonds. The standard InChI is InChI=1S/C20H22ClF2N5O2/c1-11(2)30-28-16(10-27-20(29)14(8-24)17(25)19(22)23)18-15(21)7-13(9-26-18)6-5-12-3-4-12/h7-9,11-12,19,25H,3-4,10,24H2,1-2H3,(H,27,29)/b14-8+,25-17?,28-16-. The average molecular weight is 438 g/mol. The number of hydrogen-bond donors (Lipinski definition) is 3. The van der Waals surface area contributed by atoms with Crippen molar-refractivity contribution in [1.29, 1.82) is 5.41 Å². The molecule has 1 aromatic heterocycles. The lowest BCUT2D eigenvalue weighted by Gasteiger charge is -2.12. The second kappa shape index (κ2) is 10.7. The normalized spacial score (nSPS) is 14.4. The molecule has 1 aromatic rings. The van der Waals surface area contributed by atoms with Crippen molar-refractivity contribution >= 4 is 28.9 Å². The van der Waals surface area contributed by atoms with Crippen molar-refractivity contribution in [2.24, 2.45) is 16.8 Å². The van der Waals surface area contributed by atoms with Gasteiger partial charge in [-0.1, -0.05) is 28.6 Å². The summed E-state index contributed by atoms with van der Waals surface area (Å²) in [7, 11) is 0. The van der Waals surface area contributed by atoms with E-state index in [9.17, 15) is 13.6 Å². The highest BCUT2D eigenvalue weighted by Gasteiger charge is 2.23. The zero-order chi connectivity index (χ0) is 22.3. The number of pyridine rings is 1. The largest absolute Gasteiger partial charge is 0.404 e. The quantitative estimate of drug-likeness (QED) is 0.251. The topological polar surface area (TPSA) is 113 Å². The molecule has 0 radical (unpaired) electrons. The molecule has 4 N–H and O–H groups in total. The maximum absolute atomic E-state index is 12.7. The summed E-state index contributed by atoms with van der Waals surface area (Å²) in [5.41, 5.74) is 4.46. The van der Waals surface area contributed by atoms with Gasteiger partial charge in [-0.2, -0.15) is 0 Å². The Morgan fingerprint density at radius 3 is 2.77 bits per heavy atom. The molecule has 0 aromatic carbocycles. The van der Waals surface area contributed by atoms with Crippen molar-refractivity contribution in [2.75, 3.05) is 6.54 Å². The fourth-order valence-electron chi connectivity index (χ4n) is 2.12. The molecule has 0 bridgehead atoms. The summed E-state index contributed by atoms with van der Waals surface area (Å²) < 4.78 is 25.4. The van der Waals surface area contributed by atoms with Crippen LogP contribution in [-0.2, 0) is 9.63 Å². The third-order valence-electron chi connectivity index (χ3n) is 3.82. The maximum atomic E-state index is 12.7. The van der Waals surface area contributed by atoms with Gasteiger partial charge >= 0.3 is 0 Å². The Labute approximate surface area is 178 Å². The minimum atomic E-state index is -3.14. The second-order valence-electron chi connectivity index (χ2n) is 6.77. The van der Waals surface area contributed by atoms with E-state index in [4.69, 9.17) is 27.6 Å². The van der Waals surface area contributed by atoms with Gasteiger partial charge in [0.1, 0.15) is 23.2 Å². The monoisotopic (exact) mass is 437 g/mol. The van der Waals surface area contributed by atoms with Crippen LogP contribution in [0.4, 0.5) is 8.78 Å². The van der Waals surface area contributed by atoms with Crippen molar-refractivity contribution < 1.29 is 18.4 Å². The first-order valence-electron chi connectivity index (χ1n) is 9.20. The third-order valence-corrected chi connectivity index (χ3v) is 4.11. The highest BCUT2D eigenvalue weighted by Crippen LogP contribution is 2.27. The minimum absolute atomic E-state index is 0.170. The van der Waals surface area contributed by atoms with Crippen LogP contribution in [0.1, 0.15) is 37.9 Å². The molecule has 10 heteroatoms. The predicted octanol–water partition coefficient (Wildman–Crippen LogP) is 2.87. The van der Waals surface area contributed by atoms with E-state index in [0.717, 1.165) is 12.8 Å². The Kier molecular flexibility index (Phi) is 8.30. The lowest BCUT2D eigenvalue weighted by atomic mass is 10.1. The van der Waals surface area contributed by atoms with Crippen molar-refractivity contribution in [1.82, 2.24) is 10.3 Å². The van der Waals surface area contributed by atoms with E-state index >= 15 is 0 Å². The number of alkyl halides is 2. The molecular formula is C20H22ClF2N5O2. The summed E-state index contributed by atoms with van der Waals surface area (Å²) >= 11 is 6.32. The van der Waals surface area contributed by atoms with Gasteiger partial charge in [0, 0.05) is 23.9 Å². The summed E-state index contributed by atoms with van der Waals surface area (Å²) in [6, 6.07) is 1.63. The third kappa shape index (κ3) is 6.81. The Morgan fingerprint density at radius 1 is 1.53 bits per heavy atom. The number of hydrogen-bond acceptors (Lipinski definition) is 6. The summed E-state index contributed by atoms with van der Waals surface area (Å²) in [4.78, 5) is 21.7. The van der Waals surface area contributed by atoms with Crippen LogP contribution >= 0.6 is 11.6 Å². The van der Waals surface area contributed by atoms with Crippen molar-refractivity contribution in [3.05, 3.63) is 40.3 Å². The van der Waals surface area contributed by atoms with Crippen LogP contribution in [0, 0.1) is 23.2 Å². The predicted molar refractivity (Wildman–Crippen MR) is 111 cm³/mol. The van der Waals surface area contributed by atoms with Gasteiger partial charge in [0.25, 0.3) is 12.3 Å². The first-order valence-corrected chi connectivity index (χ1v) is 9.57. The fraction of sp³-hybridized carbons (Fsp3) is 0.400. The first kappa shape index (κ1) is 23.3. The molecule has 30 heavy (non-hydrogen) atoms. The van der Waals surface area contributed by atoms with Gasteiger partial charge in [0.2, 0.25) is 0 Å². The van der Waals surface area contributed by atoms with Crippen LogP contribution in [0.3, 0.4) is 0 Å². The summed E-state index contributed by atoms with van der Waals surface area (Å²) in [6.07, 6.45) is 0.980. The van der Waals surface area contributed by atoms with Gasteiger partial charge in [0.05, 0.1) is 17.1 Å². The molecule has 1 aliphatic carbocycles. The van der Waals surface area contributed by atoms with Crippen LogP contribution in [0.25, 0.3) is 0 Å². The molecule has 0 saturated heterocycles. The molecule has 1 aliphatic rings. The van der Waals surface area contributed by atoms with Crippen LogP contribution in [0.5, 0.6) is 0 Å². The number of carbonyl (C=O) groups excluding carboxylic acids is 1. The number of carbonyl (C=O) groups is 1. The van der Waals surface area contributed by atoms with Crippen molar-refractivity contribution in [3.63, 3.8) is 0 Å². The Morgan fingerprint density at radius 2 is 2.23 bits per heavy atom. The lowest BCUT2D eigenvalue weighted by Crippen LogP contribution is -2.35. The highest BCUT2D eigenvalue weighted by atomic mass is 35.5. The smallest absolute Gasteiger partial charge is 0.280 e. The summed E-state index contributed by atoms with van der Waals surface area (Å²) in [6.45, 7) is 3.27. The van der Waals surface area contributed by atoms with E-state index in [1.165, 1.54) is 6.20 Å². The first-order chi connectivity index (χ1) is 14.2. The molecule has 1 fully saturated rings. The van der Waals surface area contributed by atoms with Gasteiger partial charge in [-0.25, -0.2) is 8.78 Å². The number of nitrogens with two attached hydrogens (primary N) is 1. The van der Waals surface area contributed by atoms with Crippen LogP contribution in [0.15, 0.2) is 29.2 Å². The Hall–Kier alpha value is -2.99. The highest BCUT2D eigenvalue weighted by molar-refractivity contribution is 6.34. The second-order valence-corrected chi connectivity index (χ2v) is 7.17. The maximum Gasteiger partial charge on any atom is 0.280 e. The summed E-state index contributed by atoms with van der Waals surface area (Å²) in [5.74, 6) is 5.58. The van der Waals surface area contributed by atoms with E-state index in [0.29, 0.717) is 17.7 Å². The SMILES string of the molecule is CC(C)O/N=C(/CNC(=O)/C(=C/N)C(=N)C(F)F)c1ncc(C#CC2CC2)cc1Cl. The number of halogens is 3. The van der Waals surface area contributed by atoms with Gasteiger partial charge in [-0.15, -0.1) is 0 Å². The Balaban J connectivity index is 2.20. The van der Waals surface area contributed by atoms with Crippen LogP contribution in [0.2, 0.25) is 5.02 Å². The number of amides is 1. The van der Waals surface area contributed by atoms with Crippen LogP contribution < -0.4 is 11.1 Å². The fourth-order valence-corrected chi connectivity index (χ4v) is 2.40. The number of nitrogens with one attached hydrogen (secondary N) is 2. The zero-order valence-corrected chi connectivity index (χ0v) is 17.3. The molecule has 160 valence electrons. The molecule has 0 atom stereocenters. The Bertz CT molecular complexity index is 931. The zero-order valence-electron chi connectivity index (χ0n) is 16.5.